The van der Waals surface area contributed by atoms with Crippen LogP contribution in [0.1, 0.15) is 37.8 Å². The van der Waals surface area contributed by atoms with Crippen molar-refractivity contribution in [2.75, 3.05) is 11.1 Å². The Balaban J connectivity index is 2.07. The lowest BCUT2D eigenvalue weighted by atomic mass is 10.1. The molecule has 0 bridgehead atoms. The molecule has 2 rings (SSSR count). The maximum Gasteiger partial charge on any atom is 0.222 e. The lowest BCUT2D eigenvalue weighted by Crippen LogP contribution is -2.32. The molecule has 2 atom stereocenters. The van der Waals surface area contributed by atoms with Crippen molar-refractivity contribution < 1.29 is 5.11 Å². The Morgan fingerprint density at radius 1 is 1.29 bits per heavy atom. The van der Waals surface area contributed by atoms with E-state index >= 15 is 0 Å². The number of aromatic nitrogens is 2. The zero-order valence-corrected chi connectivity index (χ0v) is 10.2. The minimum Gasteiger partial charge on any atom is -0.391 e. The third kappa shape index (κ3) is 3.30. The van der Waals surface area contributed by atoms with E-state index in [1.807, 2.05) is 13.0 Å². The average molecular weight is 236 g/mol. The van der Waals surface area contributed by atoms with E-state index in [1.165, 1.54) is 6.42 Å². The van der Waals surface area contributed by atoms with Gasteiger partial charge in [0.1, 0.15) is 5.82 Å². The lowest BCUT2D eigenvalue weighted by molar-refractivity contribution is 0.144. The molecule has 94 valence electrons. The van der Waals surface area contributed by atoms with Gasteiger partial charge in [-0.1, -0.05) is 19.3 Å². The molecule has 0 radical (unpaired) electrons. The monoisotopic (exact) mass is 236 g/mol. The van der Waals surface area contributed by atoms with Crippen LogP contribution in [0.15, 0.2) is 6.07 Å². The fourth-order valence-electron chi connectivity index (χ4n) is 2.31. The number of hydrogen-bond acceptors (Lipinski definition) is 5. The molecule has 2 unspecified atom stereocenters. The van der Waals surface area contributed by atoms with Gasteiger partial charge in [-0.25, -0.2) is 4.98 Å². The zero-order chi connectivity index (χ0) is 12.3. The molecule has 1 saturated carbocycles. The fourth-order valence-corrected chi connectivity index (χ4v) is 2.31. The summed E-state index contributed by atoms with van der Waals surface area (Å²) in [4.78, 5) is 8.17. The molecular weight excluding hydrogens is 216 g/mol. The number of rotatable bonds is 2. The molecule has 1 aliphatic rings. The Hall–Kier alpha value is -1.36. The molecule has 1 aliphatic carbocycles. The number of nitrogens with two attached hydrogens (primary N) is 1. The van der Waals surface area contributed by atoms with Crippen molar-refractivity contribution in [2.24, 2.45) is 0 Å². The minimum atomic E-state index is -0.297. The molecule has 1 aromatic rings. The smallest absolute Gasteiger partial charge is 0.222 e. The highest BCUT2D eigenvalue weighted by atomic mass is 16.3. The summed E-state index contributed by atoms with van der Waals surface area (Å²) in [5.74, 6) is 0.983. The van der Waals surface area contributed by atoms with E-state index < -0.39 is 0 Å². The predicted molar refractivity (Wildman–Crippen MR) is 67.7 cm³/mol. The first-order chi connectivity index (χ1) is 8.15. The lowest BCUT2D eigenvalue weighted by Gasteiger charge is -2.22. The van der Waals surface area contributed by atoms with Gasteiger partial charge < -0.3 is 16.2 Å². The summed E-state index contributed by atoms with van der Waals surface area (Å²) in [5, 5.41) is 13.3. The number of aliphatic hydroxyl groups excluding tert-OH is 1. The Kier molecular flexibility index (Phi) is 3.78. The number of nitrogens with zero attached hydrogens (tertiary/aromatic N) is 2. The van der Waals surface area contributed by atoms with Gasteiger partial charge in [0.15, 0.2) is 0 Å². The quantitative estimate of drug-likeness (QED) is 0.677. The molecule has 0 spiro atoms. The van der Waals surface area contributed by atoms with Crippen LogP contribution in [0.3, 0.4) is 0 Å². The molecule has 0 saturated heterocycles. The summed E-state index contributed by atoms with van der Waals surface area (Å²) in [5.41, 5.74) is 6.44. The first kappa shape index (κ1) is 12.1. The van der Waals surface area contributed by atoms with Gasteiger partial charge in [0.05, 0.1) is 12.1 Å². The van der Waals surface area contributed by atoms with Gasteiger partial charge in [0.25, 0.3) is 0 Å². The second-order valence-corrected chi connectivity index (χ2v) is 4.71. The number of nitrogen functional groups attached to an aromatic ring is 1. The average Bonchev–Trinajstić information content (AvgIpc) is 2.43. The highest BCUT2D eigenvalue weighted by molar-refractivity contribution is 5.41. The van der Waals surface area contributed by atoms with E-state index in [1.54, 1.807) is 0 Å². The van der Waals surface area contributed by atoms with E-state index in [4.69, 9.17) is 5.73 Å². The van der Waals surface area contributed by atoms with E-state index in [2.05, 4.69) is 15.3 Å². The SMILES string of the molecule is Cc1cc(NC2CCCCCC2O)nc(N)n1. The second kappa shape index (κ2) is 5.31. The van der Waals surface area contributed by atoms with Crippen LogP contribution in [0.2, 0.25) is 0 Å². The summed E-state index contributed by atoms with van der Waals surface area (Å²) in [6, 6.07) is 1.93. The van der Waals surface area contributed by atoms with Gasteiger partial charge in [-0.2, -0.15) is 4.98 Å². The van der Waals surface area contributed by atoms with Crippen LogP contribution in [0.4, 0.5) is 11.8 Å². The van der Waals surface area contributed by atoms with Crippen molar-refractivity contribution in [3.8, 4) is 0 Å². The molecule has 4 N–H and O–H groups in total. The molecule has 5 heteroatoms. The van der Waals surface area contributed by atoms with Crippen molar-refractivity contribution in [1.82, 2.24) is 9.97 Å². The van der Waals surface area contributed by atoms with Crippen LogP contribution >= 0.6 is 0 Å². The number of aliphatic hydroxyl groups is 1. The third-order valence-corrected chi connectivity index (χ3v) is 3.18. The minimum absolute atomic E-state index is 0.0752. The molecule has 1 heterocycles. The van der Waals surface area contributed by atoms with Gasteiger partial charge in [-0.05, 0) is 19.8 Å². The van der Waals surface area contributed by atoms with Crippen LogP contribution in [-0.4, -0.2) is 27.2 Å². The van der Waals surface area contributed by atoms with Crippen molar-refractivity contribution >= 4 is 11.8 Å². The van der Waals surface area contributed by atoms with Crippen molar-refractivity contribution in [3.05, 3.63) is 11.8 Å². The van der Waals surface area contributed by atoms with Crippen molar-refractivity contribution in [3.63, 3.8) is 0 Å². The molecule has 1 aromatic heterocycles. The Bertz CT molecular complexity index is 363. The van der Waals surface area contributed by atoms with Crippen LogP contribution in [-0.2, 0) is 0 Å². The van der Waals surface area contributed by atoms with Crippen LogP contribution in [0.5, 0.6) is 0 Å². The van der Waals surface area contributed by atoms with Crippen LogP contribution in [0.25, 0.3) is 0 Å². The Labute approximate surface area is 101 Å². The molecule has 0 aromatic carbocycles. The van der Waals surface area contributed by atoms with Crippen LogP contribution < -0.4 is 11.1 Å². The van der Waals surface area contributed by atoms with Gasteiger partial charge in [0, 0.05) is 11.8 Å². The number of aryl methyl sites for hydroxylation is 1. The first-order valence-corrected chi connectivity index (χ1v) is 6.21. The Morgan fingerprint density at radius 3 is 2.82 bits per heavy atom. The summed E-state index contributed by atoms with van der Waals surface area (Å²) < 4.78 is 0. The second-order valence-electron chi connectivity index (χ2n) is 4.71. The van der Waals surface area contributed by atoms with E-state index in [0.717, 1.165) is 31.4 Å². The highest BCUT2D eigenvalue weighted by Crippen LogP contribution is 2.21. The topological polar surface area (TPSA) is 84.1 Å². The fraction of sp³-hybridized carbons (Fsp3) is 0.667. The number of hydrogen-bond donors (Lipinski definition) is 3. The molecular formula is C12H20N4O. The third-order valence-electron chi connectivity index (χ3n) is 3.18. The van der Waals surface area contributed by atoms with Gasteiger partial charge in [-0.3, -0.25) is 0 Å². The van der Waals surface area contributed by atoms with E-state index in [-0.39, 0.29) is 18.1 Å². The maximum atomic E-state index is 10.0. The zero-order valence-electron chi connectivity index (χ0n) is 10.2. The van der Waals surface area contributed by atoms with Crippen LogP contribution in [0, 0.1) is 6.92 Å². The molecule has 5 nitrogen and oxygen atoms in total. The highest BCUT2D eigenvalue weighted by Gasteiger charge is 2.21. The van der Waals surface area contributed by atoms with Gasteiger partial charge in [0.2, 0.25) is 5.95 Å². The van der Waals surface area contributed by atoms with Crippen molar-refractivity contribution in [1.29, 1.82) is 0 Å². The first-order valence-electron chi connectivity index (χ1n) is 6.21. The van der Waals surface area contributed by atoms with Crippen molar-refractivity contribution in [2.45, 2.75) is 51.2 Å². The predicted octanol–water partition coefficient (Wildman–Crippen LogP) is 1.47. The largest absolute Gasteiger partial charge is 0.391 e. The summed E-state index contributed by atoms with van der Waals surface area (Å²) >= 11 is 0. The standard InChI is InChI=1S/C12H20N4O/c1-8-7-11(16-12(13)14-8)15-9-5-3-2-4-6-10(9)17/h7,9-10,17H,2-6H2,1H3,(H3,13,14,15,16). The molecule has 0 aliphatic heterocycles. The number of nitrogens with one attached hydrogen (secondary N) is 1. The summed E-state index contributed by atoms with van der Waals surface area (Å²) in [6.07, 6.45) is 4.98. The molecule has 17 heavy (non-hydrogen) atoms. The summed E-state index contributed by atoms with van der Waals surface area (Å²) in [7, 11) is 0. The Morgan fingerprint density at radius 2 is 2.06 bits per heavy atom. The van der Waals surface area contributed by atoms with E-state index in [9.17, 15) is 5.11 Å². The van der Waals surface area contributed by atoms with Gasteiger partial charge >= 0.3 is 0 Å². The normalized spacial score (nSPS) is 25.3. The van der Waals surface area contributed by atoms with Gasteiger partial charge in [-0.15, -0.1) is 0 Å². The molecule has 1 fully saturated rings. The molecule has 0 amide bonds. The van der Waals surface area contributed by atoms with E-state index in [0.29, 0.717) is 5.82 Å². The maximum absolute atomic E-state index is 10.0. The number of anilines is 2. The summed E-state index contributed by atoms with van der Waals surface area (Å²) in [6.45, 7) is 1.88.